The third kappa shape index (κ3) is 3.10. The summed E-state index contributed by atoms with van der Waals surface area (Å²) in [6.45, 7) is 0.567. The average Bonchev–Trinajstić information content (AvgIpc) is 2.62. The van der Waals surface area contributed by atoms with Crippen molar-refractivity contribution >= 4 is 17.3 Å². The van der Waals surface area contributed by atoms with E-state index in [0.29, 0.717) is 18.0 Å². The highest BCUT2D eigenvalue weighted by atomic mass is 16.5. The summed E-state index contributed by atoms with van der Waals surface area (Å²) in [6.07, 6.45) is 0. The minimum atomic E-state index is -0.209. The van der Waals surface area contributed by atoms with Crippen molar-refractivity contribution in [2.45, 2.75) is 6.54 Å². The van der Waals surface area contributed by atoms with Crippen LogP contribution in [0.1, 0.15) is 5.56 Å². The van der Waals surface area contributed by atoms with E-state index < -0.39 is 0 Å². The Hall–Kier alpha value is -3.20. The largest absolute Gasteiger partial charge is 0.496 e. The van der Waals surface area contributed by atoms with E-state index >= 15 is 0 Å². The van der Waals surface area contributed by atoms with Gasteiger partial charge in [-0.2, -0.15) is 5.26 Å². The lowest BCUT2D eigenvalue weighted by Crippen LogP contribution is -2.38. The zero-order valence-corrected chi connectivity index (χ0v) is 13.3. The van der Waals surface area contributed by atoms with Gasteiger partial charge in [0.2, 0.25) is 0 Å². The summed E-state index contributed by atoms with van der Waals surface area (Å²) >= 11 is 0. The highest BCUT2D eigenvalue weighted by Crippen LogP contribution is 2.34. The van der Waals surface area contributed by atoms with Crippen LogP contribution in [0, 0.1) is 11.3 Å². The van der Waals surface area contributed by atoms with Crippen molar-refractivity contribution in [1.29, 1.82) is 5.26 Å². The molecular formula is C18H17N3O3. The summed E-state index contributed by atoms with van der Waals surface area (Å²) in [6, 6.07) is 15.3. The fourth-order valence-electron chi connectivity index (χ4n) is 2.60. The van der Waals surface area contributed by atoms with E-state index in [1.165, 1.54) is 4.90 Å². The number of hydrogen-bond donors (Lipinski definition) is 1. The van der Waals surface area contributed by atoms with Crippen LogP contribution in [0.25, 0.3) is 0 Å². The molecule has 0 aromatic heterocycles. The van der Waals surface area contributed by atoms with E-state index in [4.69, 9.17) is 14.7 Å². The number of fused-ring (bicyclic) bond motifs is 1. The van der Waals surface area contributed by atoms with Crippen molar-refractivity contribution in [1.82, 2.24) is 0 Å². The van der Waals surface area contributed by atoms with Gasteiger partial charge >= 0.3 is 0 Å². The van der Waals surface area contributed by atoms with Gasteiger partial charge in [-0.1, -0.05) is 18.2 Å². The molecule has 0 saturated heterocycles. The standard InChI is InChI=1S/C18H17N3O3/c1-23-16-5-3-2-4-13(16)11-20-14-6-7-15-17(10-14)24-12-18(22)21(15)9-8-19/h2-7,10,20H,9,11-12H2,1H3. The van der Waals surface area contributed by atoms with Gasteiger partial charge in [-0.25, -0.2) is 0 Å². The molecule has 1 aliphatic heterocycles. The number of hydrogen-bond acceptors (Lipinski definition) is 5. The molecule has 1 heterocycles. The van der Waals surface area contributed by atoms with Crippen LogP contribution in [0.3, 0.4) is 0 Å². The van der Waals surface area contributed by atoms with Gasteiger partial charge < -0.3 is 14.8 Å². The second-order valence-electron chi connectivity index (χ2n) is 5.27. The summed E-state index contributed by atoms with van der Waals surface area (Å²) in [5.41, 5.74) is 2.53. The Balaban J connectivity index is 1.77. The van der Waals surface area contributed by atoms with Gasteiger partial charge in [0.15, 0.2) is 6.61 Å². The number of carbonyl (C=O) groups excluding carboxylic acids is 1. The van der Waals surface area contributed by atoms with Crippen LogP contribution >= 0.6 is 0 Å². The normalized spacial score (nSPS) is 12.8. The average molecular weight is 323 g/mol. The molecule has 0 saturated carbocycles. The van der Waals surface area contributed by atoms with E-state index in [0.717, 1.165) is 17.0 Å². The van der Waals surface area contributed by atoms with Gasteiger partial charge in [0.1, 0.15) is 18.0 Å². The molecule has 24 heavy (non-hydrogen) atoms. The Labute approximate surface area is 140 Å². The molecule has 2 aromatic rings. The van der Waals surface area contributed by atoms with E-state index in [1.807, 2.05) is 42.5 Å². The molecule has 0 aliphatic carbocycles. The molecule has 122 valence electrons. The maximum Gasteiger partial charge on any atom is 0.265 e. The number of ether oxygens (including phenoxy) is 2. The summed E-state index contributed by atoms with van der Waals surface area (Å²) < 4.78 is 10.8. The van der Waals surface area contributed by atoms with E-state index in [9.17, 15) is 4.79 Å². The second kappa shape index (κ2) is 6.92. The molecule has 1 N–H and O–H groups in total. The molecule has 0 atom stereocenters. The number of nitrogens with one attached hydrogen (secondary N) is 1. The molecule has 1 amide bonds. The van der Waals surface area contributed by atoms with Gasteiger partial charge in [0.25, 0.3) is 5.91 Å². The minimum absolute atomic E-state index is 0.0170. The predicted molar refractivity (Wildman–Crippen MR) is 90.2 cm³/mol. The monoisotopic (exact) mass is 323 g/mol. The van der Waals surface area contributed by atoms with E-state index in [2.05, 4.69) is 5.32 Å². The Bertz CT molecular complexity index is 798. The van der Waals surface area contributed by atoms with Gasteiger partial charge in [0.05, 0.1) is 18.9 Å². The van der Waals surface area contributed by atoms with Crippen molar-refractivity contribution in [3.63, 3.8) is 0 Å². The molecule has 2 aromatic carbocycles. The van der Waals surface area contributed by atoms with Crippen LogP contribution in [0.5, 0.6) is 11.5 Å². The SMILES string of the molecule is COc1ccccc1CNc1ccc2c(c1)OCC(=O)N2CC#N. The molecule has 0 fully saturated rings. The number of nitrogens with zero attached hydrogens (tertiary/aromatic N) is 2. The molecule has 0 spiro atoms. The highest BCUT2D eigenvalue weighted by molar-refractivity contribution is 5.98. The topological polar surface area (TPSA) is 74.6 Å². The quantitative estimate of drug-likeness (QED) is 0.856. The Kier molecular flexibility index (Phi) is 4.52. The van der Waals surface area contributed by atoms with Gasteiger partial charge in [-0.3, -0.25) is 9.69 Å². The molecule has 1 aliphatic rings. The van der Waals surface area contributed by atoms with Crippen molar-refractivity contribution in [3.8, 4) is 17.6 Å². The van der Waals surface area contributed by atoms with Crippen molar-refractivity contribution in [2.75, 3.05) is 30.5 Å². The Morgan fingerprint density at radius 2 is 2.17 bits per heavy atom. The molecule has 0 bridgehead atoms. The van der Waals surface area contributed by atoms with Crippen LogP contribution in [-0.4, -0.2) is 26.2 Å². The van der Waals surface area contributed by atoms with Crippen molar-refractivity contribution in [3.05, 3.63) is 48.0 Å². The number of carbonyl (C=O) groups is 1. The van der Waals surface area contributed by atoms with Crippen LogP contribution in [0.15, 0.2) is 42.5 Å². The smallest absolute Gasteiger partial charge is 0.265 e. The zero-order chi connectivity index (χ0) is 16.9. The van der Waals surface area contributed by atoms with Gasteiger partial charge in [-0.05, 0) is 18.2 Å². The van der Waals surface area contributed by atoms with Crippen LogP contribution < -0.4 is 19.7 Å². The third-order valence-corrected chi connectivity index (χ3v) is 3.81. The second-order valence-corrected chi connectivity index (χ2v) is 5.27. The summed E-state index contributed by atoms with van der Waals surface area (Å²) in [4.78, 5) is 13.3. The molecule has 6 nitrogen and oxygen atoms in total. The number of para-hydroxylation sites is 1. The first-order chi connectivity index (χ1) is 11.7. The highest BCUT2D eigenvalue weighted by Gasteiger charge is 2.25. The fraction of sp³-hybridized carbons (Fsp3) is 0.222. The maximum atomic E-state index is 11.8. The molecule has 0 radical (unpaired) electrons. The molecule has 0 unspecified atom stereocenters. The first-order valence-electron chi connectivity index (χ1n) is 7.53. The number of nitriles is 1. The molecule has 6 heteroatoms. The summed E-state index contributed by atoms with van der Waals surface area (Å²) in [5.74, 6) is 1.21. The Morgan fingerprint density at radius 1 is 1.33 bits per heavy atom. The maximum absolute atomic E-state index is 11.8. The summed E-state index contributed by atoms with van der Waals surface area (Å²) in [7, 11) is 1.65. The number of amides is 1. The van der Waals surface area contributed by atoms with Crippen LogP contribution in [-0.2, 0) is 11.3 Å². The van der Waals surface area contributed by atoms with Crippen molar-refractivity contribution < 1.29 is 14.3 Å². The van der Waals surface area contributed by atoms with Crippen LogP contribution in [0.4, 0.5) is 11.4 Å². The Morgan fingerprint density at radius 3 is 2.96 bits per heavy atom. The fourth-order valence-corrected chi connectivity index (χ4v) is 2.60. The lowest BCUT2D eigenvalue weighted by molar-refractivity contribution is -0.121. The third-order valence-electron chi connectivity index (χ3n) is 3.81. The first-order valence-corrected chi connectivity index (χ1v) is 7.53. The predicted octanol–water partition coefficient (Wildman–Crippen LogP) is 2.56. The first kappa shape index (κ1) is 15.7. The minimum Gasteiger partial charge on any atom is -0.496 e. The van der Waals surface area contributed by atoms with Crippen LogP contribution in [0.2, 0.25) is 0 Å². The lowest BCUT2D eigenvalue weighted by Gasteiger charge is -2.27. The van der Waals surface area contributed by atoms with E-state index in [1.54, 1.807) is 13.2 Å². The number of benzene rings is 2. The van der Waals surface area contributed by atoms with Gasteiger partial charge in [0, 0.05) is 23.9 Å². The number of methoxy groups -OCH3 is 1. The summed E-state index contributed by atoms with van der Waals surface area (Å²) in [5, 5.41) is 12.2. The van der Waals surface area contributed by atoms with E-state index in [-0.39, 0.29) is 19.1 Å². The number of rotatable bonds is 5. The molecular weight excluding hydrogens is 306 g/mol. The zero-order valence-electron chi connectivity index (χ0n) is 13.3. The lowest BCUT2D eigenvalue weighted by atomic mass is 10.1. The molecule has 3 rings (SSSR count). The number of anilines is 2. The van der Waals surface area contributed by atoms with Gasteiger partial charge in [-0.15, -0.1) is 0 Å². The van der Waals surface area contributed by atoms with Crippen molar-refractivity contribution in [2.24, 2.45) is 0 Å².